The minimum Gasteiger partial charge on any atom is -0.448 e. The van der Waals surface area contributed by atoms with Crippen molar-refractivity contribution in [2.24, 2.45) is 10.8 Å². The molecule has 2 fully saturated rings. The van der Waals surface area contributed by atoms with E-state index >= 15 is 0 Å². The highest BCUT2D eigenvalue weighted by molar-refractivity contribution is 6.30. The van der Waals surface area contributed by atoms with E-state index in [0.717, 1.165) is 0 Å². The van der Waals surface area contributed by atoms with Crippen molar-refractivity contribution < 1.29 is 14.3 Å². The molecule has 1 amide bonds. The molecular formula is C16H18ClNO3. The normalized spacial score (nSPS) is 32.9. The Labute approximate surface area is 128 Å². The van der Waals surface area contributed by atoms with E-state index < -0.39 is 16.4 Å². The smallest absolute Gasteiger partial charge is 0.313 e. The van der Waals surface area contributed by atoms with Gasteiger partial charge in [-0.25, -0.2) is 0 Å². The number of anilines is 1. The number of hydrogen-bond donors (Lipinski definition) is 1. The fourth-order valence-electron chi connectivity index (χ4n) is 3.51. The van der Waals surface area contributed by atoms with Crippen LogP contribution in [0.5, 0.6) is 0 Å². The molecule has 1 N–H and O–H groups in total. The van der Waals surface area contributed by atoms with Crippen molar-refractivity contribution in [1.29, 1.82) is 0 Å². The van der Waals surface area contributed by atoms with Crippen LogP contribution in [0, 0.1) is 10.8 Å². The van der Waals surface area contributed by atoms with Gasteiger partial charge in [0.05, 0.1) is 5.41 Å². The van der Waals surface area contributed by atoms with Gasteiger partial charge in [-0.1, -0.05) is 25.4 Å². The van der Waals surface area contributed by atoms with Crippen LogP contribution in [0.4, 0.5) is 5.69 Å². The Kier molecular flexibility index (Phi) is 2.90. The predicted molar refractivity (Wildman–Crippen MR) is 80.0 cm³/mol. The summed E-state index contributed by atoms with van der Waals surface area (Å²) in [4.78, 5) is 24.9. The van der Waals surface area contributed by atoms with E-state index in [2.05, 4.69) is 5.32 Å². The number of hydrogen-bond acceptors (Lipinski definition) is 3. The molecule has 1 saturated carbocycles. The molecule has 1 heterocycles. The molecule has 2 bridgehead atoms. The van der Waals surface area contributed by atoms with Crippen LogP contribution in [0.2, 0.25) is 5.02 Å². The minimum atomic E-state index is -1.08. The second-order valence-corrected chi connectivity index (χ2v) is 7.07. The largest absolute Gasteiger partial charge is 0.448 e. The number of nitrogens with one attached hydrogen (secondary N) is 1. The summed E-state index contributed by atoms with van der Waals surface area (Å²) < 4.78 is 5.55. The first-order chi connectivity index (χ1) is 9.73. The maximum atomic E-state index is 12.8. The van der Waals surface area contributed by atoms with Crippen LogP contribution in [0.1, 0.15) is 33.6 Å². The summed E-state index contributed by atoms with van der Waals surface area (Å²) in [6, 6.07) is 6.88. The van der Waals surface area contributed by atoms with Gasteiger partial charge in [0.25, 0.3) is 5.91 Å². The van der Waals surface area contributed by atoms with Gasteiger partial charge in [0.1, 0.15) is 0 Å². The summed E-state index contributed by atoms with van der Waals surface area (Å²) in [7, 11) is 0. The lowest BCUT2D eigenvalue weighted by Gasteiger charge is -2.35. The first-order valence-corrected chi connectivity index (χ1v) is 7.41. The highest BCUT2D eigenvalue weighted by Crippen LogP contribution is 2.65. The number of rotatable bonds is 2. The Morgan fingerprint density at radius 2 is 1.81 bits per heavy atom. The van der Waals surface area contributed by atoms with E-state index in [1.807, 2.05) is 20.8 Å². The number of ether oxygens (including phenoxy) is 1. The third kappa shape index (κ3) is 1.68. The molecule has 0 unspecified atom stereocenters. The van der Waals surface area contributed by atoms with Gasteiger partial charge >= 0.3 is 5.97 Å². The second-order valence-electron chi connectivity index (χ2n) is 6.63. The fourth-order valence-corrected chi connectivity index (χ4v) is 3.64. The molecule has 3 rings (SSSR count). The molecule has 1 aliphatic heterocycles. The maximum absolute atomic E-state index is 12.8. The van der Waals surface area contributed by atoms with Crippen molar-refractivity contribution in [3.8, 4) is 0 Å². The van der Waals surface area contributed by atoms with E-state index in [1.54, 1.807) is 24.3 Å². The average molecular weight is 308 g/mol. The van der Waals surface area contributed by atoms with E-state index in [0.29, 0.717) is 23.6 Å². The van der Waals surface area contributed by atoms with E-state index in [-0.39, 0.29) is 11.9 Å². The summed E-state index contributed by atoms with van der Waals surface area (Å²) in [6.07, 6.45) is 1.23. The van der Waals surface area contributed by atoms with Gasteiger partial charge in [-0.15, -0.1) is 0 Å². The Hall–Kier alpha value is -1.55. The Morgan fingerprint density at radius 1 is 1.19 bits per heavy atom. The van der Waals surface area contributed by atoms with Gasteiger partial charge in [-0.3, -0.25) is 9.59 Å². The minimum absolute atomic E-state index is 0.260. The number of fused-ring (bicyclic) bond motifs is 2. The van der Waals surface area contributed by atoms with E-state index in [9.17, 15) is 9.59 Å². The number of benzene rings is 1. The first-order valence-electron chi connectivity index (χ1n) is 7.03. The molecule has 1 saturated heterocycles. The van der Waals surface area contributed by atoms with E-state index in [1.165, 1.54) is 0 Å². The summed E-state index contributed by atoms with van der Waals surface area (Å²) >= 11 is 5.84. The molecule has 1 aliphatic carbocycles. The quantitative estimate of drug-likeness (QED) is 0.852. The summed E-state index contributed by atoms with van der Waals surface area (Å²) in [5.74, 6) is -0.533. The molecule has 2 atom stereocenters. The molecule has 2 aliphatic rings. The van der Waals surface area contributed by atoms with Crippen LogP contribution in [-0.2, 0) is 14.3 Å². The molecule has 5 heteroatoms. The van der Waals surface area contributed by atoms with Crippen molar-refractivity contribution in [1.82, 2.24) is 0 Å². The van der Waals surface area contributed by atoms with Crippen molar-refractivity contribution in [2.45, 2.75) is 39.2 Å². The number of carbonyl (C=O) groups is 2. The zero-order valence-electron chi connectivity index (χ0n) is 12.3. The van der Waals surface area contributed by atoms with Crippen LogP contribution < -0.4 is 5.32 Å². The van der Waals surface area contributed by atoms with Crippen LogP contribution >= 0.6 is 11.6 Å². The monoisotopic (exact) mass is 307 g/mol. The molecule has 4 nitrogen and oxygen atoms in total. The second kappa shape index (κ2) is 4.23. The van der Waals surface area contributed by atoms with Crippen LogP contribution in [0.3, 0.4) is 0 Å². The zero-order valence-corrected chi connectivity index (χ0v) is 13.1. The number of amides is 1. The highest BCUT2D eigenvalue weighted by atomic mass is 35.5. The molecule has 1 aromatic carbocycles. The third-order valence-corrected chi connectivity index (χ3v) is 5.80. The van der Waals surface area contributed by atoms with Crippen LogP contribution in [0.15, 0.2) is 24.3 Å². The van der Waals surface area contributed by atoms with Crippen molar-refractivity contribution in [3.63, 3.8) is 0 Å². The van der Waals surface area contributed by atoms with Crippen LogP contribution in [-0.4, -0.2) is 17.5 Å². The highest BCUT2D eigenvalue weighted by Gasteiger charge is 2.75. The molecule has 112 valence electrons. The third-order valence-electron chi connectivity index (χ3n) is 5.55. The first kappa shape index (κ1) is 14.4. The molecule has 0 aromatic heterocycles. The number of esters is 1. The molecule has 21 heavy (non-hydrogen) atoms. The maximum Gasteiger partial charge on any atom is 0.313 e. The van der Waals surface area contributed by atoms with Crippen molar-refractivity contribution in [2.75, 3.05) is 5.32 Å². The van der Waals surface area contributed by atoms with Gasteiger partial charge in [-0.2, -0.15) is 0 Å². The summed E-state index contributed by atoms with van der Waals surface area (Å²) in [5, 5.41) is 3.45. The van der Waals surface area contributed by atoms with Gasteiger partial charge < -0.3 is 10.1 Å². The van der Waals surface area contributed by atoms with Gasteiger partial charge in [0.15, 0.2) is 5.60 Å². The molecule has 0 spiro atoms. The zero-order chi connectivity index (χ0) is 15.5. The Bertz CT molecular complexity index is 625. The summed E-state index contributed by atoms with van der Waals surface area (Å²) in [5.41, 5.74) is -1.57. The van der Waals surface area contributed by atoms with Gasteiger partial charge in [0, 0.05) is 16.1 Å². The molecule has 0 radical (unpaired) electrons. The SMILES string of the molecule is CC1(C)[C@@]2(C(=O)Nc3ccc(Cl)cc3)CC[C@]1(C)C(=O)O2. The molecular weight excluding hydrogens is 290 g/mol. The topological polar surface area (TPSA) is 55.4 Å². The number of carbonyl (C=O) groups excluding carboxylic acids is 2. The van der Waals surface area contributed by atoms with E-state index in [4.69, 9.17) is 16.3 Å². The standard InChI is InChI=1S/C16H18ClNO3/c1-14(2)15(3)8-9-16(14,21-13(15)20)12(19)18-11-6-4-10(17)5-7-11/h4-7H,8-9H2,1-3H3,(H,18,19)/t15-,16+/m1/s1. The average Bonchev–Trinajstić information content (AvgIpc) is 2.72. The fraction of sp³-hybridized carbons (Fsp3) is 0.500. The van der Waals surface area contributed by atoms with Gasteiger partial charge in [-0.05, 0) is 44.0 Å². The van der Waals surface area contributed by atoms with Crippen LogP contribution in [0.25, 0.3) is 0 Å². The van der Waals surface area contributed by atoms with Crippen molar-refractivity contribution >= 4 is 29.2 Å². The number of halogens is 1. The lowest BCUT2D eigenvalue weighted by molar-refractivity contribution is -0.165. The predicted octanol–water partition coefficient (Wildman–Crippen LogP) is 3.40. The van der Waals surface area contributed by atoms with Crippen molar-refractivity contribution in [3.05, 3.63) is 29.3 Å². The summed E-state index contributed by atoms with van der Waals surface area (Å²) in [6.45, 7) is 5.76. The lowest BCUT2D eigenvalue weighted by Crippen LogP contribution is -2.50. The van der Waals surface area contributed by atoms with Gasteiger partial charge in [0.2, 0.25) is 0 Å². The Balaban J connectivity index is 1.91. The Morgan fingerprint density at radius 3 is 2.29 bits per heavy atom. The molecule has 1 aromatic rings. The lowest BCUT2D eigenvalue weighted by atomic mass is 9.66.